The zero-order chi connectivity index (χ0) is 19.0. The predicted octanol–water partition coefficient (Wildman–Crippen LogP) is 4.15. The highest BCUT2D eigenvalue weighted by atomic mass is 35.5. The lowest BCUT2D eigenvalue weighted by Crippen LogP contribution is -2.52. The number of hydrogen-bond acceptors (Lipinski definition) is 4. The normalized spacial score (nSPS) is 15.9. The SMILES string of the molecule is Cc1ccc(C(=O)NN2C(=O)c3cc(Cl)ccc3NC2c2ccco2)cc1. The average molecular weight is 382 g/mol. The van der Waals surface area contributed by atoms with Gasteiger partial charge in [-0.25, -0.2) is 5.01 Å². The summed E-state index contributed by atoms with van der Waals surface area (Å²) in [6, 6.07) is 15.5. The second kappa shape index (κ2) is 6.81. The molecule has 0 spiro atoms. The standard InChI is InChI=1S/C20H16ClN3O3/c1-12-4-6-13(7-5-12)19(25)23-24-18(17-3-2-10-27-17)22-16-9-8-14(21)11-15(16)20(24)26/h2-11,18,22H,1H3,(H,23,25). The highest BCUT2D eigenvalue weighted by Gasteiger charge is 2.36. The topological polar surface area (TPSA) is 74.6 Å². The van der Waals surface area contributed by atoms with Crippen LogP contribution in [0.1, 0.15) is 38.2 Å². The number of aryl methyl sites for hydroxylation is 1. The number of amides is 2. The van der Waals surface area contributed by atoms with Gasteiger partial charge in [0.05, 0.1) is 11.8 Å². The van der Waals surface area contributed by atoms with Gasteiger partial charge < -0.3 is 9.73 Å². The van der Waals surface area contributed by atoms with E-state index in [9.17, 15) is 9.59 Å². The van der Waals surface area contributed by atoms with Gasteiger partial charge in [0.15, 0.2) is 6.17 Å². The molecule has 6 nitrogen and oxygen atoms in total. The summed E-state index contributed by atoms with van der Waals surface area (Å²) >= 11 is 6.04. The molecule has 0 fully saturated rings. The molecule has 136 valence electrons. The molecule has 2 heterocycles. The third kappa shape index (κ3) is 3.27. The number of nitrogens with zero attached hydrogens (tertiary/aromatic N) is 1. The molecular formula is C20H16ClN3O3. The van der Waals surface area contributed by atoms with Gasteiger partial charge >= 0.3 is 0 Å². The van der Waals surface area contributed by atoms with Crippen LogP contribution in [0.25, 0.3) is 0 Å². The summed E-state index contributed by atoms with van der Waals surface area (Å²) in [5.74, 6) is -0.284. The fourth-order valence-corrected chi connectivity index (χ4v) is 3.09. The molecule has 1 aliphatic heterocycles. The molecule has 0 aliphatic carbocycles. The lowest BCUT2D eigenvalue weighted by Gasteiger charge is -2.36. The van der Waals surface area contributed by atoms with E-state index in [4.69, 9.17) is 16.0 Å². The van der Waals surface area contributed by atoms with Crippen molar-refractivity contribution in [3.05, 3.63) is 88.3 Å². The molecule has 1 aliphatic rings. The van der Waals surface area contributed by atoms with Crippen molar-refractivity contribution in [1.82, 2.24) is 10.4 Å². The second-order valence-electron chi connectivity index (χ2n) is 6.23. The highest BCUT2D eigenvalue weighted by molar-refractivity contribution is 6.31. The quantitative estimate of drug-likeness (QED) is 0.714. The fourth-order valence-electron chi connectivity index (χ4n) is 2.92. The van der Waals surface area contributed by atoms with Crippen molar-refractivity contribution in [2.24, 2.45) is 0 Å². The average Bonchev–Trinajstić information content (AvgIpc) is 3.19. The van der Waals surface area contributed by atoms with Gasteiger partial charge in [0.25, 0.3) is 11.8 Å². The lowest BCUT2D eigenvalue weighted by atomic mass is 10.1. The minimum atomic E-state index is -0.685. The summed E-state index contributed by atoms with van der Waals surface area (Å²) < 4.78 is 5.46. The Labute approximate surface area is 160 Å². The molecular weight excluding hydrogens is 366 g/mol. The number of furan rings is 1. The van der Waals surface area contributed by atoms with E-state index in [-0.39, 0.29) is 5.91 Å². The molecule has 27 heavy (non-hydrogen) atoms. The molecule has 0 saturated heterocycles. The van der Waals surface area contributed by atoms with Crippen LogP contribution in [0.3, 0.4) is 0 Å². The first-order valence-electron chi connectivity index (χ1n) is 8.33. The maximum Gasteiger partial charge on any atom is 0.276 e. The Morgan fingerprint density at radius 1 is 1.19 bits per heavy atom. The van der Waals surface area contributed by atoms with Gasteiger partial charge in [-0.2, -0.15) is 0 Å². The molecule has 1 aromatic heterocycles. The van der Waals surface area contributed by atoms with Gasteiger partial charge in [0.2, 0.25) is 0 Å². The monoisotopic (exact) mass is 381 g/mol. The molecule has 3 aromatic rings. The minimum absolute atomic E-state index is 0.370. The van der Waals surface area contributed by atoms with Gasteiger partial charge in [-0.3, -0.25) is 15.0 Å². The van der Waals surface area contributed by atoms with E-state index in [1.54, 1.807) is 42.5 Å². The molecule has 2 amide bonds. The number of anilines is 1. The fraction of sp³-hybridized carbons (Fsp3) is 0.100. The highest BCUT2D eigenvalue weighted by Crippen LogP contribution is 2.33. The number of hydrogen-bond donors (Lipinski definition) is 2. The van der Waals surface area contributed by atoms with Crippen LogP contribution in [0.15, 0.2) is 65.3 Å². The number of fused-ring (bicyclic) bond motifs is 1. The Bertz CT molecular complexity index is 1000. The Kier molecular flexibility index (Phi) is 4.33. The van der Waals surface area contributed by atoms with Crippen LogP contribution in [0, 0.1) is 6.92 Å². The van der Waals surface area contributed by atoms with E-state index in [0.29, 0.717) is 27.6 Å². The zero-order valence-electron chi connectivity index (χ0n) is 14.4. The van der Waals surface area contributed by atoms with Crippen LogP contribution in [0.2, 0.25) is 5.02 Å². The molecule has 7 heteroatoms. The van der Waals surface area contributed by atoms with Crippen LogP contribution in [0.4, 0.5) is 5.69 Å². The molecule has 2 N–H and O–H groups in total. The molecule has 4 rings (SSSR count). The number of carbonyl (C=O) groups excluding carboxylic acids is 2. The van der Waals surface area contributed by atoms with Crippen molar-refractivity contribution < 1.29 is 14.0 Å². The molecule has 0 radical (unpaired) electrons. The van der Waals surface area contributed by atoms with Crippen molar-refractivity contribution in [3.63, 3.8) is 0 Å². The summed E-state index contributed by atoms with van der Waals surface area (Å²) in [6.07, 6.45) is 0.828. The zero-order valence-corrected chi connectivity index (χ0v) is 15.2. The second-order valence-corrected chi connectivity index (χ2v) is 6.67. The Balaban J connectivity index is 1.69. The van der Waals surface area contributed by atoms with Crippen molar-refractivity contribution in [2.45, 2.75) is 13.1 Å². The Hall–Kier alpha value is -3.25. The van der Waals surface area contributed by atoms with E-state index in [1.807, 2.05) is 19.1 Å². The van der Waals surface area contributed by atoms with Crippen molar-refractivity contribution in [3.8, 4) is 0 Å². The minimum Gasteiger partial charge on any atom is -0.465 e. The number of halogens is 1. The van der Waals surface area contributed by atoms with Crippen LogP contribution < -0.4 is 10.7 Å². The number of carbonyl (C=O) groups is 2. The molecule has 2 aromatic carbocycles. The van der Waals surface area contributed by atoms with Crippen molar-refractivity contribution >= 4 is 29.1 Å². The van der Waals surface area contributed by atoms with E-state index in [1.165, 1.54) is 11.3 Å². The molecule has 1 unspecified atom stereocenters. The molecule has 0 bridgehead atoms. The first-order valence-corrected chi connectivity index (χ1v) is 8.71. The van der Waals surface area contributed by atoms with Gasteiger partial charge in [0.1, 0.15) is 5.76 Å². The maximum absolute atomic E-state index is 13.1. The lowest BCUT2D eigenvalue weighted by molar-refractivity contribution is 0.0467. The summed E-state index contributed by atoms with van der Waals surface area (Å²) in [5, 5.41) is 4.87. The van der Waals surface area contributed by atoms with Gasteiger partial charge in [0, 0.05) is 16.3 Å². The third-order valence-electron chi connectivity index (χ3n) is 4.33. The van der Waals surface area contributed by atoms with Crippen LogP contribution in [-0.4, -0.2) is 16.8 Å². The summed E-state index contributed by atoms with van der Waals surface area (Å²) in [7, 11) is 0. The summed E-state index contributed by atoms with van der Waals surface area (Å²) in [4.78, 5) is 25.7. The molecule has 0 saturated carbocycles. The predicted molar refractivity (Wildman–Crippen MR) is 101 cm³/mol. The summed E-state index contributed by atoms with van der Waals surface area (Å²) in [6.45, 7) is 1.94. The first-order chi connectivity index (χ1) is 13.0. The van der Waals surface area contributed by atoms with Gasteiger partial charge in [-0.05, 0) is 49.4 Å². The Morgan fingerprint density at radius 3 is 2.67 bits per heavy atom. The number of rotatable bonds is 3. The van der Waals surface area contributed by atoms with Crippen molar-refractivity contribution in [1.29, 1.82) is 0 Å². The van der Waals surface area contributed by atoms with Crippen molar-refractivity contribution in [2.75, 3.05) is 5.32 Å². The van der Waals surface area contributed by atoms with E-state index < -0.39 is 12.1 Å². The number of benzene rings is 2. The molecule has 1 atom stereocenters. The number of hydrazine groups is 1. The van der Waals surface area contributed by atoms with E-state index >= 15 is 0 Å². The Morgan fingerprint density at radius 2 is 1.96 bits per heavy atom. The van der Waals surface area contributed by atoms with Crippen LogP contribution in [0.5, 0.6) is 0 Å². The van der Waals surface area contributed by atoms with Crippen LogP contribution >= 0.6 is 11.6 Å². The smallest absolute Gasteiger partial charge is 0.276 e. The number of nitrogens with one attached hydrogen (secondary N) is 2. The first kappa shape index (κ1) is 17.2. The van der Waals surface area contributed by atoms with Crippen LogP contribution in [-0.2, 0) is 0 Å². The largest absolute Gasteiger partial charge is 0.465 e. The van der Waals surface area contributed by atoms with E-state index in [0.717, 1.165) is 5.56 Å². The summed E-state index contributed by atoms with van der Waals surface area (Å²) in [5.41, 5.74) is 5.16. The van der Waals surface area contributed by atoms with E-state index in [2.05, 4.69) is 10.7 Å². The third-order valence-corrected chi connectivity index (χ3v) is 4.56. The van der Waals surface area contributed by atoms with Gasteiger partial charge in [-0.1, -0.05) is 29.3 Å². The maximum atomic E-state index is 13.1. The van der Waals surface area contributed by atoms with Gasteiger partial charge in [-0.15, -0.1) is 0 Å².